The zero-order valence-electron chi connectivity index (χ0n) is 11.5. The van der Waals surface area contributed by atoms with E-state index in [2.05, 4.69) is 12.2 Å². The van der Waals surface area contributed by atoms with Crippen LogP contribution in [-0.2, 0) is 9.53 Å². The lowest BCUT2D eigenvalue weighted by molar-refractivity contribution is -0.130. The summed E-state index contributed by atoms with van der Waals surface area (Å²) in [7, 11) is 0. The summed E-state index contributed by atoms with van der Waals surface area (Å²) in [5.41, 5.74) is 0. The first-order chi connectivity index (χ1) is 8.06. The van der Waals surface area contributed by atoms with Crippen LogP contribution < -0.4 is 5.32 Å². The fourth-order valence-corrected chi connectivity index (χ4v) is 2.15. The number of hydrogen-bond donors (Lipinski definition) is 1. The summed E-state index contributed by atoms with van der Waals surface area (Å²) < 4.78 is 5.50. The Bertz CT molecular complexity index is 244. The van der Waals surface area contributed by atoms with E-state index in [4.69, 9.17) is 4.74 Å². The molecule has 2 unspecified atom stereocenters. The van der Waals surface area contributed by atoms with E-state index in [1.165, 1.54) is 0 Å². The van der Waals surface area contributed by atoms with Crippen molar-refractivity contribution in [3.05, 3.63) is 0 Å². The van der Waals surface area contributed by atoms with E-state index in [1.54, 1.807) is 0 Å². The van der Waals surface area contributed by atoms with Gasteiger partial charge in [-0.1, -0.05) is 19.8 Å². The summed E-state index contributed by atoms with van der Waals surface area (Å²) in [5, 5.41) is 3.35. The van der Waals surface area contributed by atoms with Crippen LogP contribution in [0.5, 0.6) is 0 Å². The smallest absolute Gasteiger partial charge is 0.241 e. The maximum atomic E-state index is 12.1. The topological polar surface area (TPSA) is 41.6 Å². The third kappa shape index (κ3) is 4.28. The van der Waals surface area contributed by atoms with Gasteiger partial charge in [0.05, 0.1) is 24.9 Å². The second-order valence-electron chi connectivity index (χ2n) is 4.99. The largest absolute Gasteiger partial charge is 0.377 e. The average molecular weight is 242 g/mol. The normalized spacial score (nSPS) is 25.0. The Morgan fingerprint density at radius 3 is 2.76 bits per heavy atom. The summed E-state index contributed by atoms with van der Waals surface area (Å²) in [5.74, 6) is 0.235. The van der Waals surface area contributed by atoms with Gasteiger partial charge in [-0.2, -0.15) is 0 Å². The number of ether oxygens (including phenoxy) is 1. The second kappa shape index (κ2) is 6.97. The molecule has 0 aliphatic carbocycles. The third-order valence-corrected chi connectivity index (χ3v) is 3.12. The quantitative estimate of drug-likeness (QED) is 0.739. The van der Waals surface area contributed by atoms with E-state index in [0.29, 0.717) is 13.2 Å². The van der Waals surface area contributed by atoms with Crippen molar-refractivity contribution in [2.45, 2.75) is 65.3 Å². The predicted octanol–water partition coefficient (Wildman–Crippen LogP) is 1.75. The summed E-state index contributed by atoms with van der Waals surface area (Å²) in [6.45, 7) is 9.52. The lowest BCUT2D eigenvalue weighted by Gasteiger charge is -2.21. The fourth-order valence-electron chi connectivity index (χ4n) is 2.15. The summed E-state index contributed by atoms with van der Waals surface area (Å²) >= 11 is 0. The molecule has 1 heterocycles. The Labute approximate surface area is 105 Å². The fraction of sp³-hybridized carbons (Fsp3) is 0.923. The highest BCUT2D eigenvalue weighted by Crippen LogP contribution is 2.14. The zero-order chi connectivity index (χ0) is 12.8. The molecule has 0 aromatic heterocycles. The molecule has 100 valence electrons. The molecule has 0 spiro atoms. The van der Waals surface area contributed by atoms with Gasteiger partial charge >= 0.3 is 0 Å². The molecule has 4 heteroatoms. The molecule has 17 heavy (non-hydrogen) atoms. The van der Waals surface area contributed by atoms with Crippen molar-refractivity contribution in [2.75, 3.05) is 13.2 Å². The van der Waals surface area contributed by atoms with Crippen LogP contribution in [0, 0.1) is 0 Å². The number of carbonyl (C=O) groups excluding carboxylic acids is 1. The van der Waals surface area contributed by atoms with Gasteiger partial charge in [0.15, 0.2) is 0 Å². The van der Waals surface area contributed by atoms with Crippen molar-refractivity contribution >= 4 is 5.91 Å². The Balaban J connectivity index is 2.37. The molecule has 1 amide bonds. The molecule has 0 bridgehead atoms. The molecule has 0 saturated carbocycles. The SMILES string of the molecule is CCCCC1NC(C)N(CCOC(C)C)C1=O. The number of unbranched alkanes of at least 4 members (excludes halogenated alkanes) is 1. The highest BCUT2D eigenvalue weighted by atomic mass is 16.5. The van der Waals surface area contributed by atoms with Gasteiger partial charge in [-0.3, -0.25) is 10.1 Å². The van der Waals surface area contributed by atoms with Crippen LogP contribution in [0.1, 0.15) is 47.0 Å². The molecule has 4 nitrogen and oxygen atoms in total. The number of amides is 1. The Kier molecular flexibility index (Phi) is 5.92. The number of hydrogen-bond acceptors (Lipinski definition) is 3. The minimum absolute atomic E-state index is 0.0176. The van der Waals surface area contributed by atoms with E-state index in [9.17, 15) is 4.79 Å². The van der Waals surface area contributed by atoms with Crippen molar-refractivity contribution < 1.29 is 9.53 Å². The minimum atomic E-state index is 0.0176. The van der Waals surface area contributed by atoms with Crippen LogP contribution in [0.15, 0.2) is 0 Å². The van der Waals surface area contributed by atoms with Crippen molar-refractivity contribution in [1.29, 1.82) is 0 Å². The van der Waals surface area contributed by atoms with Gasteiger partial charge in [-0.15, -0.1) is 0 Å². The molecule has 0 aromatic carbocycles. The number of nitrogens with one attached hydrogen (secondary N) is 1. The number of carbonyl (C=O) groups is 1. The van der Waals surface area contributed by atoms with E-state index in [0.717, 1.165) is 19.3 Å². The molecule has 0 aromatic rings. The van der Waals surface area contributed by atoms with E-state index < -0.39 is 0 Å². The van der Waals surface area contributed by atoms with Gasteiger partial charge in [0, 0.05) is 6.54 Å². The minimum Gasteiger partial charge on any atom is -0.377 e. The van der Waals surface area contributed by atoms with Crippen molar-refractivity contribution in [3.63, 3.8) is 0 Å². The van der Waals surface area contributed by atoms with Crippen molar-refractivity contribution in [2.24, 2.45) is 0 Å². The molecule has 1 aliphatic heterocycles. The monoisotopic (exact) mass is 242 g/mol. The van der Waals surface area contributed by atoms with Gasteiger partial charge in [0.2, 0.25) is 5.91 Å². The Morgan fingerprint density at radius 2 is 2.18 bits per heavy atom. The maximum absolute atomic E-state index is 12.1. The second-order valence-corrected chi connectivity index (χ2v) is 4.99. The Hall–Kier alpha value is -0.610. The Morgan fingerprint density at radius 1 is 1.47 bits per heavy atom. The zero-order valence-corrected chi connectivity index (χ0v) is 11.5. The van der Waals surface area contributed by atoms with Crippen LogP contribution in [0.3, 0.4) is 0 Å². The highest BCUT2D eigenvalue weighted by Gasteiger charge is 2.35. The molecule has 0 radical (unpaired) electrons. The standard InChI is InChI=1S/C13H26N2O2/c1-5-6-7-12-13(16)15(11(4)14-12)8-9-17-10(2)3/h10-12,14H,5-9H2,1-4H3. The maximum Gasteiger partial charge on any atom is 0.241 e. The van der Waals surface area contributed by atoms with Crippen LogP contribution in [-0.4, -0.2) is 42.3 Å². The first kappa shape index (κ1) is 14.5. The third-order valence-electron chi connectivity index (χ3n) is 3.12. The lowest BCUT2D eigenvalue weighted by Crippen LogP contribution is -2.37. The van der Waals surface area contributed by atoms with Crippen molar-refractivity contribution in [1.82, 2.24) is 10.2 Å². The number of nitrogens with zero attached hydrogens (tertiary/aromatic N) is 1. The van der Waals surface area contributed by atoms with E-state index in [1.807, 2.05) is 25.7 Å². The first-order valence-electron chi connectivity index (χ1n) is 6.74. The van der Waals surface area contributed by atoms with Gasteiger partial charge in [-0.05, 0) is 27.2 Å². The number of rotatable bonds is 7. The lowest BCUT2D eigenvalue weighted by atomic mass is 10.1. The molecule has 1 rings (SSSR count). The van der Waals surface area contributed by atoms with Crippen LogP contribution in [0.25, 0.3) is 0 Å². The van der Waals surface area contributed by atoms with Gasteiger partial charge in [0.25, 0.3) is 0 Å². The van der Waals surface area contributed by atoms with Crippen LogP contribution >= 0.6 is 0 Å². The van der Waals surface area contributed by atoms with Crippen molar-refractivity contribution in [3.8, 4) is 0 Å². The summed E-state index contributed by atoms with van der Waals surface area (Å²) in [4.78, 5) is 14.0. The summed E-state index contributed by atoms with van der Waals surface area (Å²) in [6, 6.07) is 0.0176. The van der Waals surface area contributed by atoms with Gasteiger partial charge < -0.3 is 9.64 Å². The molecule has 1 N–H and O–H groups in total. The molecule has 1 aliphatic rings. The molecular formula is C13H26N2O2. The van der Waals surface area contributed by atoms with Crippen LogP contribution in [0.4, 0.5) is 0 Å². The van der Waals surface area contributed by atoms with Gasteiger partial charge in [0.1, 0.15) is 0 Å². The molecule has 1 fully saturated rings. The highest BCUT2D eigenvalue weighted by molar-refractivity contribution is 5.84. The molecule has 1 saturated heterocycles. The first-order valence-corrected chi connectivity index (χ1v) is 6.74. The predicted molar refractivity (Wildman–Crippen MR) is 68.7 cm³/mol. The van der Waals surface area contributed by atoms with Crippen LogP contribution in [0.2, 0.25) is 0 Å². The average Bonchev–Trinajstić information content (AvgIpc) is 2.53. The summed E-state index contributed by atoms with van der Waals surface area (Å²) in [6.07, 6.45) is 3.55. The van der Waals surface area contributed by atoms with Gasteiger partial charge in [-0.25, -0.2) is 0 Å². The van der Waals surface area contributed by atoms with E-state index >= 15 is 0 Å². The van der Waals surface area contributed by atoms with E-state index in [-0.39, 0.29) is 24.2 Å². The molecular weight excluding hydrogens is 216 g/mol. The molecule has 2 atom stereocenters.